The number of ether oxygens (including phenoxy) is 1. The van der Waals surface area contributed by atoms with Gasteiger partial charge < -0.3 is 31.7 Å². The van der Waals surface area contributed by atoms with Gasteiger partial charge in [-0.05, 0) is 48.5 Å². The molecule has 0 saturated heterocycles. The Kier molecular flexibility index (Phi) is 7.73. The van der Waals surface area contributed by atoms with Crippen LogP contribution in [0.2, 0.25) is 0 Å². The molecule has 0 saturated carbocycles. The Hall–Kier alpha value is -4.08. The summed E-state index contributed by atoms with van der Waals surface area (Å²) >= 11 is 0. The predicted octanol–water partition coefficient (Wildman–Crippen LogP) is 4.68. The van der Waals surface area contributed by atoms with Crippen LogP contribution in [0, 0.1) is 0 Å². The molecule has 0 atom stereocenters. The molecule has 0 unspecified atom stereocenters. The lowest BCUT2D eigenvalue weighted by molar-refractivity contribution is -0.400. The quantitative estimate of drug-likeness (QED) is 0.335. The summed E-state index contributed by atoms with van der Waals surface area (Å²) in [7, 11) is -4.35. The van der Waals surface area contributed by atoms with Crippen LogP contribution in [-0.2, 0) is 4.79 Å². The van der Waals surface area contributed by atoms with E-state index in [4.69, 9.17) is 9.15 Å². The third kappa shape index (κ3) is 7.23. The molecule has 3 aromatic carbocycles. The van der Waals surface area contributed by atoms with Gasteiger partial charge in [0, 0.05) is 30.3 Å². The zero-order valence-corrected chi connectivity index (χ0v) is 18.3. The van der Waals surface area contributed by atoms with Gasteiger partial charge in [-0.3, -0.25) is 4.79 Å². The van der Waals surface area contributed by atoms with E-state index < -0.39 is 7.25 Å². The van der Waals surface area contributed by atoms with Crippen LogP contribution in [0.25, 0.3) is 22.3 Å². The molecular formula is C24H21BF4N2O3. The Bertz CT molecular complexity index is 1330. The van der Waals surface area contributed by atoms with Gasteiger partial charge in [0.05, 0.1) is 18.6 Å². The Morgan fingerprint density at radius 2 is 1.56 bits per heavy atom. The Labute approximate surface area is 192 Å². The molecule has 0 bridgehead atoms. The Morgan fingerprint density at radius 3 is 2.15 bits per heavy atom. The number of carbonyl (C=O) groups is 1. The Balaban J connectivity index is 0.000000588. The fourth-order valence-corrected chi connectivity index (χ4v) is 3.13. The predicted molar refractivity (Wildman–Crippen MR) is 123 cm³/mol. The number of anilines is 1. The summed E-state index contributed by atoms with van der Waals surface area (Å²) in [6.45, 7) is 1.49. The van der Waals surface area contributed by atoms with E-state index in [9.17, 15) is 22.1 Å². The van der Waals surface area contributed by atoms with Gasteiger partial charge in [0.1, 0.15) is 17.1 Å². The summed E-state index contributed by atoms with van der Waals surface area (Å²) in [6.07, 6.45) is 0. The highest BCUT2D eigenvalue weighted by molar-refractivity contribution is 6.50. The summed E-state index contributed by atoms with van der Waals surface area (Å²) < 4.78 is 50.4. The maximum Gasteiger partial charge on any atom is 0.673 e. The number of hydrogen-bond acceptors (Lipinski definition) is 3. The molecule has 1 heterocycles. The molecule has 2 N–H and O–H groups in total. The molecule has 0 aliphatic heterocycles. The first-order valence-corrected chi connectivity index (χ1v) is 10.1. The summed E-state index contributed by atoms with van der Waals surface area (Å²) in [5.41, 5.74) is 3.42. The van der Waals surface area contributed by atoms with Crippen molar-refractivity contribution in [1.82, 2.24) is 0 Å². The summed E-state index contributed by atoms with van der Waals surface area (Å²) in [6, 6.07) is 25.2. The van der Waals surface area contributed by atoms with Gasteiger partial charge in [-0.2, -0.15) is 0 Å². The number of nitrogens with one attached hydrogen (secondary N) is 2. The molecule has 176 valence electrons. The van der Waals surface area contributed by atoms with Gasteiger partial charge in [-0.15, -0.1) is 0 Å². The molecule has 10 heteroatoms. The topological polar surface area (TPSA) is 65.4 Å². The molecule has 0 fully saturated rings. The van der Waals surface area contributed by atoms with Crippen molar-refractivity contribution in [2.75, 3.05) is 12.4 Å². The van der Waals surface area contributed by atoms with E-state index in [0.717, 1.165) is 44.8 Å². The zero-order valence-electron chi connectivity index (χ0n) is 18.3. The van der Waals surface area contributed by atoms with E-state index in [0.29, 0.717) is 0 Å². The first-order valence-electron chi connectivity index (χ1n) is 10.1. The molecular weight excluding hydrogens is 451 g/mol. The molecule has 4 aromatic rings. The molecule has 0 aliphatic carbocycles. The normalized spacial score (nSPS) is 11.5. The zero-order chi connectivity index (χ0) is 24.7. The van der Waals surface area contributed by atoms with Crippen molar-refractivity contribution < 1.29 is 36.2 Å². The van der Waals surface area contributed by atoms with Gasteiger partial charge in [-0.25, -0.2) is 4.99 Å². The summed E-state index contributed by atoms with van der Waals surface area (Å²) in [5.74, 6) is 1.46. The summed E-state index contributed by atoms with van der Waals surface area (Å²) in [4.78, 5) is 14.7. The van der Waals surface area contributed by atoms with Crippen LogP contribution in [0.5, 0.6) is 5.75 Å². The monoisotopic (exact) mass is 472 g/mol. The minimum Gasteiger partial charge on any atom is -0.497 e. The second kappa shape index (κ2) is 10.7. The van der Waals surface area contributed by atoms with Crippen molar-refractivity contribution >= 4 is 35.5 Å². The molecule has 1 aromatic heterocycles. The van der Waals surface area contributed by atoms with Gasteiger partial charge in [0.15, 0.2) is 0 Å². The smallest absolute Gasteiger partial charge is 0.497 e. The van der Waals surface area contributed by atoms with Crippen LogP contribution in [0.15, 0.2) is 83.3 Å². The maximum atomic E-state index is 11.2. The lowest BCUT2D eigenvalue weighted by Gasteiger charge is -2.04. The van der Waals surface area contributed by atoms with Crippen LogP contribution in [0.1, 0.15) is 6.92 Å². The van der Waals surface area contributed by atoms with E-state index in [-0.39, 0.29) is 5.91 Å². The lowest BCUT2D eigenvalue weighted by atomic mass is 10.1. The van der Waals surface area contributed by atoms with Gasteiger partial charge in [0.25, 0.3) is 0 Å². The van der Waals surface area contributed by atoms with Crippen molar-refractivity contribution in [3.8, 4) is 17.1 Å². The van der Waals surface area contributed by atoms with Crippen LogP contribution in [0.4, 0.5) is 28.6 Å². The van der Waals surface area contributed by atoms with Crippen LogP contribution in [0.3, 0.4) is 0 Å². The second-order valence-corrected chi connectivity index (χ2v) is 7.13. The fourth-order valence-electron chi connectivity index (χ4n) is 3.13. The number of fused-ring (bicyclic) bond motifs is 1. The average molecular weight is 472 g/mol. The highest BCUT2D eigenvalue weighted by atomic mass is 19.5. The van der Waals surface area contributed by atoms with Crippen molar-refractivity contribution in [2.24, 2.45) is 0 Å². The second-order valence-electron chi connectivity index (χ2n) is 7.13. The van der Waals surface area contributed by atoms with Gasteiger partial charge >= 0.3 is 7.25 Å². The average Bonchev–Trinajstić information content (AvgIpc) is 2.79. The van der Waals surface area contributed by atoms with Crippen molar-refractivity contribution in [3.05, 3.63) is 84.2 Å². The molecule has 34 heavy (non-hydrogen) atoms. The maximum absolute atomic E-state index is 11.2. The molecule has 0 spiro atoms. The van der Waals surface area contributed by atoms with Crippen LogP contribution < -0.4 is 20.4 Å². The molecule has 0 aliphatic rings. The van der Waals surface area contributed by atoms with E-state index in [1.807, 2.05) is 78.9 Å². The number of benzene rings is 3. The fraction of sp³-hybridized carbons (Fsp3) is 0.0833. The largest absolute Gasteiger partial charge is 0.673 e. The number of amides is 1. The number of carbonyl (C=O) groups excluding carboxylic acids is 1. The minimum atomic E-state index is -6.00. The first-order chi connectivity index (χ1) is 16.1. The number of hydrogen-bond donors (Lipinski definition) is 2. The third-order valence-electron chi connectivity index (χ3n) is 4.53. The molecule has 4 rings (SSSR count). The lowest BCUT2D eigenvalue weighted by Crippen LogP contribution is -2.70. The van der Waals surface area contributed by atoms with Crippen LogP contribution in [-0.4, -0.2) is 20.3 Å². The highest BCUT2D eigenvalue weighted by Gasteiger charge is 2.20. The number of para-hydroxylation sites is 1. The van der Waals surface area contributed by atoms with E-state index >= 15 is 0 Å². The van der Waals surface area contributed by atoms with Gasteiger partial charge in [0.2, 0.25) is 17.0 Å². The highest BCUT2D eigenvalue weighted by Crippen LogP contribution is 2.24. The van der Waals surface area contributed by atoms with Crippen molar-refractivity contribution in [1.29, 1.82) is 0 Å². The van der Waals surface area contributed by atoms with Gasteiger partial charge in [-0.1, -0.05) is 12.1 Å². The summed E-state index contributed by atoms with van der Waals surface area (Å²) in [5, 5.41) is 4.69. The number of halogens is 4. The third-order valence-corrected chi connectivity index (χ3v) is 4.53. The SMILES string of the molecule is COc1ccc(-c2cc(=[NH+]c3ccc(NC(C)=O)cc3)c3ccccc3o2)cc1.F[B-](F)(F)F. The molecule has 0 radical (unpaired) electrons. The number of rotatable bonds is 4. The Morgan fingerprint density at radius 1 is 0.941 bits per heavy atom. The van der Waals surface area contributed by atoms with E-state index in [2.05, 4.69) is 10.3 Å². The van der Waals surface area contributed by atoms with E-state index in [1.165, 1.54) is 6.92 Å². The van der Waals surface area contributed by atoms with E-state index in [1.54, 1.807) is 7.11 Å². The molecule has 1 amide bonds. The molecule has 5 nitrogen and oxygen atoms in total. The van der Waals surface area contributed by atoms with Crippen molar-refractivity contribution in [3.63, 3.8) is 0 Å². The van der Waals surface area contributed by atoms with Crippen LogP contribution >= 0.6 is 0 Å². The minimum absolute atomic E-state index is 0.0921. The first kappa shape index (κ1) is 24.6. The van der Waals surface area contributed by atoms with Crippen molar-refractivity contribution in [2.45, 2.75) is 6.92 Å². The number of methoxy groups -OCH3 is 1. The standard InChI is InChI=1S/C24H20N2O3.BF4/c1-16(27)25-18-9-11-19(12-10-18)26-22-15-24(17-7-13-20(28-2)14-8-17)29-23-6-4-3-5-21(22)23;2-1(3,4)5/h3-15H,1-2H3,(H,25,27);/q;-1/p+1.